The Hall–Kier alpha value is -1.63. The van der Waals surface area contributed by atoms with E-state index in [4.69, 9.17) is 0 Å². The highest BCUT2D eigenvalue weighted by molar-refractivity contribution is 9.10. The SMILES string of the molecule is CCN(C(=O)c1cc(Br)cn1CC)[C@H]1CC(=O)NC1=O. The molecule has 1 aliphatic heterocycles. The van der Waals surface area contributed by atoms with Crippen molar-refractivity contribution in [2.24, 2.45) is 0 Å². The molecule has 1 N–H and O–H groups in total. The second-order valence-corrected chi connectivity index (χ2v) is 5.47. The molecule has 0 radical (unpaired) electrons. The third-order valence-electron chi connectivity index (χ3n) is 3.34. The van der Waals surface area contributed by atoms with Gasteiger partial charge >= 0.3 is 0 Å². The molecule has 2 rings (SSSR count). The fourth-order valence-corrected chi connectivity index (χ4v) is 2.82. The van der Waals surface area contributed by atoms with E-state index in [0.717, 1.165) is 4.47 Å². The first-order chi connectivity index (χ1) is 9.47. The third-order valence-corrected chi connectivity index (χ3v) is 3.78. The topological polar surface area (TPSA) is 71.4 Å². The van der Waals surface area contributed by atoms with Crippen LogP contribution in [-0.2, 0) is 16.1 Å². The van der Waals surface area contributed by atoms with Crippen molar-refractivity contribution in [2.45, 2.75) is 32.9 Å². The summed E-state index contributed by atoms with van der Waals surface area (Å²) in [6.45, 7) is 4.75. The van der Waals surface area contributed by atoms with Crippen molar-refractivity contribution in [3.8, 4) is 0 Å². The van der Waals surface area contributed by atoms with Crippen molar-refractivity contribution in [1.29, 1.82) is 0 Å². The van der Waals surface area contributed by atoms with Gasteiger partial charge in [0.1, 0.15) is 11.7 Å². The highest BCUT2D eigenvalue weighted by atomic mass is 79.9. The number of carbonyl (C=O) groups excluding carboxylic acids is 3. The molecule has 1 aliphatic rings. The quantitative estimate of drug-likeness (QED) is 0.835. The van der Waals surface area contributed by atoms with E-state index in [0.29, 0.717) is 18.8 Å². The van der Waals surface area contributed by atoms with E-state index in [9.17, 15) is 14.4 Å². The van der Waals surface area contributed by atoms with Crippen LogP contribution in [-0.4, -0.2) is 39.8 Å². The maximum absolute atomic E-state index is 12.6. The van der Waals surface area contributed by atoms with Crippen LogP contribution in [0.3, 0.4) is 0 Å². The summed E-state index contributed by atoms with van der Waals surface area (Å²) < 4.78 is 2.62. The zero-order valence-corrected chi connectivity index (χ0v) is 12.9. The number of hydrogen-bond acceptors (Lipinski definition) is 3. The lowest BCUT2D eigenvalue weighted by molar-refractivity contribution is -0.126. The summed E-state index contributed by atoms with van der Waals surface area (Å²) in [7, 11) is 0. The zero-order valence-electron chi connectivity index (χ0n) is 11.4. The Morgan fingerprint density at radius 3 is 2.70 bits per heavy atom. The molecule has 1 aromatic rings. The minimum Gasteiger partial charge on any atom is -0.343 e. The van der Waals surface area contributed by atoms with Crippen LogP contribution in [0.15, 0.2) is 16.7 Å². The summed E-state index contributed by atoms with van der Waals surface area (Å²) in [5.74, 6) is -0.980. The Bertz CT molecular complexity index is 567. The number of carbonyl (C=O) groups is 3. The highest BCUT2D eigenvalue weighted by Gasteiger charge is 2.37. The number of nitrogens with one attached hydrogen (secondary N) is 1. The van der Waals surface area contributed by atoms with Crippen LogP contribution in [0.25, 0.3) is 0 Å². The van der Waals surface area contributed by atoms with Gasteiger partial charge in [-0.25, -0.2) is 0 Å². The Kier molecular flexibility index (Phi) is 4.27. The van der Waals surface area contributed by atoms with E-state index in [2.05, 4.69) is 21.2 Å². The molecule has 0 aliphatic carbocycles. The van der Waals surface area contributed by atoms with Crippen LogP contribution in [0, 0.1) is 0 Å². The van der Waals surface area contributed by atoms with Crippen molar-refractivity contribution in [3.05, 3.63) is 22.4 Å². The van der Waals surface area contributed by atoms with E-state index in [1.807, 2.05) is 17.7 Å². The maximum Gasteiger partial charge on any atom is 0.271 e. The Morgan fingerprint density at radius 2 is 2.20 bits per heavy atom. The number of amides is 3. The molecular weight excluding hydrogens is 326 g/mol. The van der Waals surface area contributed by atoms with Crippen LogP contribution in [0.5, 0.6) is 0 Å². The number of hydrogen-bond donors (Lipinski definition) is 1. The van der Waals surface area contributed by atoms with E-state index < -0.39 is 11.9 Å². The molecule has 1 atom stereocenters. The lowest BCUT2D eigenvalue weighted by Gasteiger charge is -2.25. The first-order valence-corrected chi connectivity index (χ1v) is 7.27. The summed E-state index contributed by atoms with van der Waals surface area (Å²) >= 11 is 3.34. The average molecular weight is 342 g/mol. The number of likely N-dealkylation sites (N-methyl/N-ethyl adjacent to an activating group) is 1. The number of halogens is 1. The molecule has 3 amide bonds. The van der Waals surface area contributed by atoms with Crippen molar-refractivity contribution in [1.82, 2.24) is 14.8 Å². The smallest absolute Gasteiger partial charge is 0.271 e. The van der Waals surface area contributed by atoms with Crippen molar-refractivity contribution in [2.75, 3.05) is 6.54 Å². The van der Waals surface area contributed by atoms with Gasteiger partial charge in [-0.1, -0.05) is 0 Å². The first-order valence-electron chi connectivity index (χ1n) is 6.48. The average Bonchev–Trinajstić information content (AvgIpc) is 2.93. The minimum atomic E-state index is -0.709. The summed E-state index contributed by atoms with van der Waals surface area (Å²) in [6.07, 6.45) is 1.85. The second-order valence-electron chi connectivity index (χ2n) is 4.55. The van der Waals surface area contributed by atoms with E-state index in [1.165, 1.54) is 4.90 Å². The van der Waals surface area contributed by atoms with Gasteiger partial charge < -0.3 is 9.47 Å². The maximum atomic E-state index is 12.6. The molecule has 7 heteroatoms. The van der Waals surface area contributed by atoms with E-state index in [-0.39, 0.29) is 18.2 Å². The van der Waals surface area contributed by atoms with Crippen molar-refractivity contribution in [3.63, 3.8) is 0 Å². The summed E-state index contributed by atoms with van der Waals surface area (Å²) in [4.78, 5) is 37.1. The van der Waals surface area contributed by atoms with Crippen molar-refractivity contribution < 1.29 is 14.4 Å². The standard InChI is InChI=1S/C13H16BrN3O3/c1-3-16-7-8(14)5-10(16)13(20)17(4-2)9-6-11(18)15-12(9)19/h5,7,9H,3-4,6H2,1-2H3,(H,15,18,19)/t9-/m0/s1. The van der Waals surface area contributed by atoms with Crippen LogP contribution < -0.4 is 5.32 Å². The molecule has 0 spiro atoms. The number of aromatic nitrogens is 1. The van der Waals surface area contributed by atoms with Gasteiger partial charge in [0.25, 0.3) is 5.91 Å². The van der Waals surface area contributed by atoms with Gasteiger partial charge in [-0.3, -0.25) is 19.7 Å². The van der Waals surface area contributed by atoms with Crippen molar-refractivity contribution >= 4 is 33.7 Å². The second kappa shape index (κ2) is 5.78. The summed E-state index contributed by atoms with van der Waals surface area (Å²) in [5.41, 5.74) is 0.508. The third kappa shape index (κ3) is 2.63. The number of nitrogens with zero attached hydrogens (tertiary/aromatic N) is 2. The number of rotatable bonds is 4. The van der Waals surface area contributed by atoms with Gasteiger partial charge in [0, 0.05) is 23.8 Å². The molecule has 0 bridgehead atoms. The summed E-state index contributed by atoms with van der Waals surface area (Å²) in [5, 5.41) is 2.23. The van der Waals surface area contributed by atoms with Crippen LogP contribution in [0.2, 0.25) is 0 Å². The lowest BCUT2D eigenvalue weighted by atomic mass is 10.2. The van der Waals surface area contributed by atoms with Gasteiger partial charge in [-0.05, 0) is 35.8 Å². The molecule has 1 saturated heterocycles. The van der Waals surface area contributed by atoms with Gasteiger partial charge in [0.2, 0.25) is 11.8 Å². The van der Waals surface area contributed by atoms with Crippen LogP contribution >= 0.6 is 15.9 Å². The normalized spacial score (nSPS) is 18.2. The van der Waals surface area contributed by atoms with Gasteiger partial charge in [0.15, 0.2) is 0 Å². The van der Waals surface area contributed by atoms with Gasteiger partial charge in [-0.2, -0.15) is 0 Å². The molecule has 1 aromatic heterocycles. The molecule has 0 aromatic carbocycles. The predicted octanol–water partition coefficient (Wildman–Crippen LogP) is 1.15. The Labute approximate surface area is 125 Å². The molecule has 20 heavy (non-hydrogen) atoms. The molecular formula is C13H16BrN3O3. The number of imide groups is 1. The van der Waals surface area contributed by atoms with Crippen LogP contribution in [0.4, 0.5) is 0 Å². The van der Waals surface area contributed by atoms with Crippen LogP contribution in [0.1, 0.15) is 30.8 Å². The largest absolute Gasteiger partial charge is 0.343 e. The molecule has 6 nitrogen and oxygen atoms in total. The summed E-state index contributed by atoms with van der Waals surface area (Å²) in [6, 6.07) is 1.02. The Balaban J connectivity index is 2.29. The molecule has 1 fully saturated rings. The monoisotopic (exact) mass is 341 g/mol. The zero-order chi connectivity index (χ0) is 14.9. The van der Waals surface area contributed by atoms with E-state index >= 15 is 0 Å². The van der Waals surface area contributed by atoms with Gasteiger partial charge in [-0.15, -0.1) is 0 Å². The Morgan fingerprint density at radius 1 is 1.50 bits per heavy atom. The number of aryl methyl sites for hydroxylation is 1. The minimum absolute atomic E-state index is 0.0341. The first kappa shape index (κ1) is 14.8. The molecule has 0 saturated carbocycles. The molecule has 108 valence electrons. The lowest BCUT2D eigenvalue weighted by Crippen LogP contribution is -2.44. The fraction of sp³-hybridized carbons (Fsp3) is 0.462. The molecule has 2 heterocycles. The van der Waals surface area contributed by atoms with Gasteiger partial charge in [0.05, 0.1) is 6.42 Å². The predicted molar refractivity (Wildman–Crippen MR) is 76.1 cm³/mol. The van der Waals surface area contributed by atoms with E-state index in [1.54, 1.807) is 13.0 Å². The highest BCUT2D eigenvalue weighted by Crippen LogP contribution is 2.19. The fourth-order valence-electron chi connectivity index (χ4n) is 2.36. The molecule has 0 unspecified atom stereocenters.